The van der Waals surface area contributed by atoms with E-state index in [-0.39, 0.29) is 110 Å². The summed E-state index contributed by atoms with van der Waals surface area (Å²) in [4.78, 5) is 70.0. The quantitative estimate of drug-likeness (QED) is 0.0829. The zero-order chi connectivity index (χ0) is 27.3. The average molecular weight is 968 g/mol. The number of hydroxylamine groups is 8. The van der Waals surface area contributed by atoms with E-state index in [2.05, 4.69) is 0 Å². The second-order valence-corrected chi connectivity index (χ2v) is 1.89. The van der Waals surface area contributed by atoms with Crippen molar-refractivity contribution in [2.75, 3.05) is 0 Å². The van der Waals surface area contributed by atoms with Crippen LogP contribution in [0.15, 0.2) is 0 Å². The molecule has 0 saturated heterocycles. The fourth-order valence-electron chi connectivity index (χ4n) is 0. The van der Waals surface area contributed by atoms with Crippen LogP contribution < -0.4 is 43.8 Å². The third kappa shape index (κ3) is 810. The van der Waals surface area contributed by atoms with Crippen LogP contribution in [0.5, 0.6) is 0 Å². The molecule has 0 aliphatic carbocycles. The van der Waals surface area contributed by atoms with Crippen LogP contribution in [0.1, 0.15) is 0 Å². The molecular weight excluding hydrogens is 952 g/mol. The number of carbonyl (C=O) groups excluding carboxylic acids is 8. The van der Waals surface area contributed by atoms with E-state index in [0.717, 1.165) is 43.8 Å². The Morgan fingerprint density at radius 3 is 0.294 bits per heavy atom. The number of rotatable bonds is 8. The van der Waals surface area contributed by atoms with Crippen LogP contribution in [0.4, 0.5) is 0 Å². The molecular formula is C8H16N8O16Pu2-8. The van der Waals surface area contributed by atoms with Gasteiger partial charge in [-0.05, 0) is 0 Å². The van der Waals surface area contributed by atoms with E-state index >= 15 is 0 Å². The summed E-state index contributed by atoms with van der Waals surface area (Å²) >= 11 is 0. The summed E-state index contributed by atoms with van der Waals surface area (Å²) in [5.41, 5.74) is 8.00. The Morgan fingerprint density at radius 1 is 0.265 bits per heavy atom. The molecule has 0 heterocycles. The summed E-state index contributed by atoms with van der Waals surface area (Å²) in [5.74, 6) is 0. The largest absolute Gasteiger partial charge is 0.759 e. The molecule has 0 spiro atoms. The molecule has 8 amide bonds. The zero-order valence-corrected chi connectivity index (χ0v) is 22.8. The Kier molecular flexibility index (Phi) is 273. The van der Waals surface area contributed by atoms with Crippen molar-refractivity contribution in [3.63, 3.8) is 0 Å². The summed E-state index contributed by atoms with van der Waals surface area (Å²) in [7, 11) is 0. The van der Waals surface area contributed by atoms with Gasteiger partial charge in [0.1, 0.15) is 0 Å². The van der Waals surface area contributed by atoms with Crippen molar-refractivity contribution in [2.24, 2.45) is 0 Å². The number of carbonyl (C=O) groups is 8. The van der Waals surface area contributed by atoms with Gasteiger partial charge in [-0.3, -0.25) is 38.4 Å². The standard InChI is InChI=1S/8CH2NO2.2Pu/c8*3-1-2-4;;/h8*1H,(H-,2,3,4);;/q8*-1;;. The molecule has 0 unspecified atom stereocenters. The second-order valence-electron chi connectivity index (χ2n) is 1.89. The van der Waals surface area contributed by atoms with E-state index in [9.17, 15) is 0 Å². The molecule has 0 atom stereocenters. The van der Waals surface area contributed by atoms with E-state index in [0.29, 0.717) is 0 Å². The zero-order valence-electron chi connectivity index (χ0n) is 16.0. The van der Waals surface area contributed by atoms with Gasteiger partial charge in [0, 0.05) is 58.3 Å². The van der Waals surface area contributed by atoms with Crippen LogP contribution in [0.2, 0.25) is 0 Å². The fraction of sp³-hybridized carbons (Fsp3) is 0. The van der Waals surface area contributed by atoms with Crippen molar-refractivity contribution >= 4 is 51.3 Å². The van der Waals surface area contributed by atoms with E-state index in [1.54, 1.807) is 0 Å². The Morgan fingerprint density at radius 2 is 0.294 bits per heavy atom. The molecule has 0 aromatic rings. The van der Waals surface area contributed by atoms with Crippen molar-refractivity contribution in [3.8, 4) is 0 Å². The first-order valence-corrected chi connectivity index (χ1v) is 5.83. The van der Waals surface area contributed by atoms with E-state index in [4.69, 9.17) is 80.0 Å². The van der Waals surface area contributed by atoms with Crippen LogP contribution in [0.3, 0.4) is 0 Å². The minimum atomic E-state index is 0. The van der Waals surface area contributed by atoms with Crippen molar-refractivity contribution < 1.29 is 96.7 Å². The van der Waals surface area contributed by atoms with E-state index in [1.807, 2.05) is 0 Å². The van der Waals surface area contributed by atoms with Gasteiger partial charge < -0.3 is 85.5 Å². The first-order chi connectivity index (χ1) is 15.3. The maximum absolute atomic E-state index is 8.75. The Hall–Kier alpha value is -2.59. The fourth-order valence-corrected chi connectivity index (χ4v) is 0. The molecule has 0 aliphatic heterocycles. The van der Waals surface area contributed by atoms with Crippen molar-refractivity contribution in [2.45, 2.75) is 0 Å². The summed E-state index contributed by atoms with van der Waals surface area (Å²) in [5, 5.41) is 69.4. The van der Waals surface area contributed by atoms with Crippen molar-refractivity contribution in [1.29, 1.82) is 0 Å². The van der Waals surface area contributed by atoms with Crippen molar-refractivity contribution in [3.05, 3.63) is 41.7 Å². The van der Waals surface area contributed by atoms with Gasteiger partial charge in [-0.1, -0.05) is 0 Å². The first kappa shape index (κ1) is 63.4. The molecule has 0 aliphatic rings. The average Bonchev–Trinajstić information content (AvgIpc) is 2.89. The topological polar surface area (TPSA) is 417 Å². The van der Waals surface area contributed by atoms with Gasteiger partial charge in [0.2, 0.25) is 0 Å². The monoisotopic (exact) mass is 956 g/mol. The molecule has 8 N–H and O–H groups in total. The molecule has 0 fully saturated rings. The van der Waals surface area contributed by atoms with Gasteiger partial charge in [0.05, 0.1) is 0 Å². The third-order valence-electron chi connectivity index (χ3n) is 0.385. The Labute approximate surface area is 232 Å². The molecule has 26 heteroatoms. The molecule has 0 aromatic carbocycles. The molecule has 0 radical (unpaired) electrons. The predicted octanol–water partition coefficient (Wildman–Crippen LogP) is -6.16. The predicted molar refractivity (Wildman–Crippen MR) is 101 cm³/mol. The SMILES string of the molecule is O=CN[O-].O=CN[O-].O=CN[O-].O=CN[O-].O=CN[O-].O=CN[O-].O=CN[O-].O=CN[O-].[Pu].[Pu]. The molecule has 0 saturated carbocycles. The Bertz CT molecular complexity index is 267. The molecule has 34 heavy (non-hydrogen) atoms. The summed E-state index contributed by atoms with van der Waals surface area (Å²) in [6.07, 6.45) is 0.556. The minimum absolute atomic E-state index is 0. The van der Waals surface area contributed by atoms with Gasteiger partial charge in [-0.15, -0.1) is 0 Å². The van der Waals surface area contributed by atoms with Crippen LogP contribution in [0.25, 0.3) is 0 Å². The third-order valence-corrected chi connectivity index (χ3v) is 0.385. The van der Waals surface area contributed by atoms with Gasteiger partial charge in [0.15, 0.2) is 51.3 Å². The van der Waals surface area contributed by atoms with Gasteiger partial charge in [0.25, 0.3) is 0 Å². The van der Waals surface area contributed by atoms with Gasteiger partial charge in [-0.2, -0.15) is 0 Å². The van der Waals surface area contributed by atoms with Crippen molar-refractivity contribution in [1.82, 2.24) is 43.8 Å². The molecule has 0 aromatic heterocycles. The number of amides is 8. The number of hydrogen-bond donors (Lipinski definition) is 8. The van der Waals surface area contributed by atoms with E-state index in [1.165, 1.54) is 0 Å². The van der Waals surface area contributed by atoms with Crippen LogP contribution in [0, 0.1) is 100 Å². The first-order valence-electron chi connectivity index (χ1n) is 5.83. The number of nitrogens with one attached hydrogen (secondary N) is 8. The van der Waals surface area contributed by atoms with Gasteiger partial charge in [-0.25, -0.2) is 0 Å². The second kappa shape index (κ2) is 146. The molecule has 0 rings (SSSR count). The smallest absolute Gasteiger partial charge is 0.196 e. The Balaban J connectivity index is -0.0000000240. The minimum Gasteiger partial charge on any atom is -0.759 e. The molecule has 24 nitrogen and oxygen atoms in total. The summed E-state index contributed by atoms with van der Waals surface area (Å²) < 4.78 is 0. The van der Waals surface area contributed by atoms with E-state index < -0.39 is 0 Å². The summed E-state index contributed by atoms with van der Waals surface area (Å²) in [6, 6.07) is 0. The van der Waals surface area contributed by atoms with Crippen LogP contribution in [-0.4, -0.2) is 51.3 Å². The molecule has 204 valence electrons. The maximum atomic E-state index is 8.75. The maximum Gasteiger partial charge on any atom is 0.196 e. The number of hydrogen-bond acceptors (Lipinski definition) is 16. The van der Waals surface area contributed by atoms with Crippen LogP contribution >= 0.6 is 0 Å². The summed E-state index contributed by atoms with van der Waals surface area (Å²) in [6.45, 7) is 0. The normalized spacial score (nSPS) is 4.94. The van der Waals surface area contributed by atoms with Crippen LogP contribution in [-0.2, 0) is 38.4 Å². The van der Waals surface area contributed by atoms with Gasteiger partial charge >= 0.3 is 0 Å². The molecule has 0 bridgehead atoms.